The van der Waals surface area contributed by atoms with Crippen LogP contribution in [0.15, 0.2) is 18.2 Å². The lowest BCUT2D eigenvalue weighted by atomic mass is 9.95. The van der Waals surface area contributed by atoms with Crippen molar-refractivity contribution in [3.05, 3.63) is 34.9 Å². The van der Waals surface area contributed by atoms with Crippen LogP contribution in [0.2, 0.25) is 0 Å². The summed E-state index contributed by atoms with van der Waals surface area (Å²) >= 11 is 0. The molecule has 1 aliphatic rings. The summed E-state index contributed by atoms with van der Waals surface area (Å²) in [4.78, 5) is 13.7. The lowest BCUT2D eigenvalue weighted by molar-refractivity contribution is -0.131. The number of rotatable bonds is 4. The van der Waals surface area contributed by atoms with Gasteiger partial charge in [0.25, 0.3) is 0 Å². The van der Waals surface area contributed by atoms with Gasteiger partial charge in [-0.05, 0) is 23.1 Å². The van der Waals surface area contributed by atoms with Crippen LogP contribution in [0.5, 0.6) is 0 Å². The van der Waals surface area contributed by atoms with E-state index in [1.54, 1.807) is 7.11 Å². The molecule has 0 saturated heterocycles. The highest BCUT2D eigenvalue weighted by molar-refractivity contribution is 5.76. The quantitative estimate of drug-likeness (QED) is 0.897. The lowest BCUT2D eigenvalue weighted by Gasteiger charge is -2.29. The molecule has 0 spiro atoms. The standard InChI is InChI=1S/C15H22N2O2/c1-3-15(18)17-7-6-11-4-5-12(8-13(11)9-17)14(16)10-19-2/h4-5,8,14H,3,6-7,9-10,16H2,1-2H3. The molecular weight excluding hydrogens is 240 g/mol. The highest BCUT2D eigenvalue weighted by Gasteiger charge is 2.20. The fourth-order valence-corrected chi connectivity index (χ4v) is 2.52. The van der Waals surface area contributed by atoms with Crippen LogP contribution in [-0.2, 0) is 22.5 Å². The molecule has 104 valence electrons. The minimum Gasteiger partial charge on any atom is -0.383 e. The molecule has 4 heteroatoms. The van der Waals surface area contributed by atoms with Crippen molar-refractivity contribution in [2.45, 2.75) is 32.4 Å². The first-order valence-electron chi connectivity index (χ1n) is 6.79. The smallest absolute Gasteiger partial charge is 0.222 e. The van der Waals surface area contributed by atoms with Crippen LogP contribution in [0.25, 0.3) is 0 Å². The van der Waals surface area contributed by atoms with Gasteiger partial charge in [-0.15, -0.1) is 0 Å². The molecule has 1 aromatic carbocycles. The maximum atomic E-state index is 11.8. The predicted octanol–water partition coefficient (Wildman–Crippen LogP) is 1.63. The first kappa shape index (κ1) is 14.0. The van der Waals surface area contributed by atoms with Crippen LogP contribution in [0, 0.1) is 0 Å². The average Bonchev–Trinajstić information content (AvgIpc) is 2.45. The van der Waals surface area contributed by atoms with E-state index in [-0.39, 0.29) is 11.9 Å². The summed E-state index contributed by atoms with van der Waals surface area (Å²) in [7, 11) is 1.65. The van der Waals surface area contributed by atoms with Crippen LogP contribution in [0.4, 0.5) is 0 Å². The first-order chi connectivity index (χ1) is 9.15. The highest BCUT2D eigenvalue weighted by atomic mass is 16.5. The van der Waals surface area contributed by atoms with E-state index in [4.69, 9.17) is 10.5 Å². The average molecular weight is 262 g/mol. The van der Waals surface area contributed by atoms with Gasteiger partial charge in [-0.2, -0.15) is 0 Å². The summed E-state index contributed by atoms with van der Waals surface area (Å²) in [6.07, 6.45) is 1.50. The fourth-order valence-electron chi connectivity index (χ4n) is 2.52. The molecule has 19 heavy (non-hydrogen) atoms. The number of amides is 1. The third-order valence-corrected chi connectivity index (χ3v) is 3.67. The van der Waals surface area contributed by atoms with E-state index < -0.39 is 0 Å². The number of ether oxygens (including phenoxy) is 1. The van der Waals surface area contributed by atoms with E-state index >= 15 is 0 Å². The number of nitrogens with two attached hydrogens (primary N) is 1. The van der Waals surface area contributed by atoms with Gasteiger partial charge >= 0.3 is 0 Å². The van der Waals surface area contributed by atoms with Crippen molar-refractivity contribution >= 4 is 5.91 Å². The molecule has 4 nitrogen and oxygen atoms in total. The molecule has 1 aliphatic heterocycles. The van der Waals surface area contributed by atoms with Crippen LogP contribution >= 0.6 is 0 Å². The monoisotopic (exact) mass is 262 g/mol. The van der Waals surface area contributed by atoms with E-state index in [1.165, 1.54) is 11.1 Å². The minimum atomic E-state index is -0.104. The third-order valence-electron chi connectivity index (χ3n) is 3.67. The molecule has 0 bridgehead atoms. The topological polar surface area (TPSA) is 55.6 Å². The Morgan fingerprint density at radius 3 is 2.95 bits per heavy atom. The van der Waals surface area contributed by atoms with E-state index in [2.05, 4.69) is 18.2 Å². The Labute approximate surface area is 114 Å². The largest absolute Gasteiger partial charge is 0.383 e. The van der Waals surface area contributed by atoms with Gasteiger partial charge in [0.15, 0.2) is 0 Å². The van der Waals surface area contributed by atoms with Gasteiger partial charge in [0, 0.05) is 26.6 Å². The molecule has 1 heterocycles. The van der Waals surface area contributed by atoms with Gasteiger partial charge < -0.3 is 15.4 Å². The SMILES string of the molecule is CCC(=O)N1CCc2ccc(C(N)COC)cc2C1. The predicted molar refractivity (Wildman–Crippen MR) is 74.7 cm³/mol. The van der Waals surface area contributed by atoms with Crippen LogP contribution in [0.1, 0.15) is 36.1 Å². The zero-order valence-electron chi connectivity index (χ0n) is 11.7. The molecule has 1 unspecified atom stereocenters. The van der Waals surface area contributed by atoms with E-state index in [9.17, 15) is 4.79 Å². The third kappa shape index (κ3) is 3.14. The second-order valence-corrected chi connectivity index (χ2v) is 5.01. The number of carbonyl (C=O) groups is 1. The Morgan fingerprint density at radius 1 is 1.47 bits per heavy atom. The second kappa shape index (κ2) is 6.17. The zero-order chi connectivity index (χ0) is 13.8. The van der Waals surface area contributed by atoms with Crippen LogP contribution in [-0.4, -0.2) is 31.1 Å². The number of hydrogen-bond acceptors (Lipinski definition) is 3. The van der Waals surface area contributed by atoms with Crippen molar-refractivity contribution in [2.24, 2.45) is 5.73 Å². The zero-order valence-corrected chi connectivity index (χ0v) is 11.7. The molecular formula is C15H22N2O2. The van der Waals surface area contributed by atoms with Crippen molar-refractivity contribution in [2.75, 3.05) is 20.3 Å². The van der Waals surface area contributed by atoms with E-state index in [1.807, 2.05) is 11.8 Å². The number of benzene rings is 1. The fraction of sp³-hybridized carbons (Fsp3) is 0.533. The summed E-state index contributed by atoms with van der Waals surface area (Å²) in [5.41, 5.74) is 9.68. The maximum Gasteiger partial charge on any atom is 0.222 e. The van der Waals surface area contributed by atoms with Crippen molar-refractivity contribution in [3.8, 4) is 0 Å². The summed E-state index contributed by atoms with van der Waals surface area (Å²) in [5.74, 6) is 0.220. The van der Waals surface area contributed by atoms with Crippen molar-refractivity contribution < 1.29 is 9.53 Å². The Balaban J connectivity index is 2.17. The highest BCUT2D eigenvalue weighted by Crippen LogP contribution is 2.23. The van der Waals surface area contributed by atoms with E-state index in [0.29, 0.717) is 19.6 Å². The second-order valence-electron chi connectivity index (χ2n) is 5.01. The number of nitrogens with zero attached hydrogens (tertiary/aromatic N) is 1. The summed E-state index contributed by atoms with van der Waals surface area (Å²) < 4.78 is 5.09. The molecule has 0 fully saturated rings. The Kier molecular flexibility index (Phi) is 4.56. The van der Waals surface area contributed by atoms with E-state index in [0.717, 1.165) is 18.5 Å². The van der Waals surface area contributed by atoms with Crippen molar-refractivity contribution in [1.82, 2.24) is 4.90 Å². The van der Waals surface area contributed by atoms with Crippen molar-refractivity contribution in [1.29, 1.82) is 0 Å². The maximum absolute atomic E-state index is 11.8. The molecule has 0 aromatic heterocycles. The van der Waals surface area contributed by atoms with Crippen LogP contribution in [0.3, 0.4) is 0 Å². The molecule has 2 rings (SSSR count). The molecule has 1 aromatic rings. The Bertz CT molecular complexity index is 459. The minimum absolute atomic E-state index is 0.104. The molecule has 2 N–H and O–H groups in total. The summed E-state index contributed by atoms with van der Waals surface area (Å²) in [6.45, 7) is 3.94. The Morgan fingerprint density at radius 2 is 2.26 bits per heavy atom. The van der Waals surface area contributed by atoms with Gasteiger partial charge in [-0.25, -0.2) is 0 Å². The summed E-state index contributed by atoms with van der Waals surface area (Å²) in [5, 5.41) is 0. The number of fused-ring (bicyclic) bond motifs is 1. The molecule has 0 radical (unpaired) electrons. The number of carbonyl (C=O) groups excluding carboxylic acids is 1. The summed E-state index contributed by atoms with van der Waals surface area (Å²) in [6, 6.07) is 6.22. The van der Waals surface area contributed by atoms with Gasteiger partial charge in [0.05, 0.1) is 12.6 Å². The van der Waals surface area contributed by atoms with Gasteiger partial charge in [0.2, 0.25) is 5.91 Å². The molecule has 1 amide bonds. The molecule has 0 saturated carbocycles. The number of hydrogen-bond donors (Lipinski definition) is 1. The number of methoxy groups -OCH3 is 1. The van der Waals surface area contributed by atoms with Gasteiger partial charge in [-0.1, -0.05) is 25.1 Å². The van der Waals surface area contributed by atoms with Crippen molar-refractivity contribution in [3.63, 3.8) is 0 Å². The Hall–Kier alpha value is -1.39. The first-order valence-corrected chi connectivity index (χ1v) is 6.79. The lowest BCUT2D eigenvalue weighted by Crippen LogP contribution is -2.35. The van der Waals surface area contributed by atoms with Crippen LogP contribution < -0.4 is 5.73 Å². The normalized spacial score (nSPS) is 16.1. The van der Waals surface area contributed by atoms with Gasteiger partial charge in [0.1, 0.15) is 0 Å². The molecule has 0 aliphatic carbocycles. The molecule has 1 atom stereocenters. The van der Waals surface area contributed by atoms with Gasteiger partial charge in [-0.3, -0.25) is 4.79 Å².